The first-order valence-corrected chi connectivity index (χ1v) is 11.9. The number of rotatable bonds is 6. The Kier molecular flexibility index (Phi) is 7.23. The van der Waals surface area contributed by atoms with E-state index in [0.717, 1.165) is 49.5 Å². The summed E-state index contributed by atoms with van der Waals surface area (Å²) in [7, 11) is -4.00. The van der Waals surface area contributed by atoms with Crippen LogP contribution in [0.5, 0.6) is 0 Å². The van der Waals surface area contributed by atoms with Gasteiger partial charge in [-0.15, -0.1) is 0 Å². The predicted molar refractivity (Wildman–Crippen MR) is 118 cm³/mol. The van der Waals surface area contributed by atoms with E-state index in [1.54, 1.807) is 24.0 Å². The van der Waals surface area contributed by atoms with Gasteiger partial charge < -0.3 is 15.5 Å². The number of nitrogens with two attached hydrogens (primary N) is 1. The third kappa shape index (κ3) is 5.41. The number of benzene rings is 1. The molecule has 2 aliphatic rings. The maximum absolute atomic E-state index is 13.0. The third-order valence-electron chi connectivity index (χ3n) is 5.76. The van der Waals surface area contributed by atoms with Crippen molar-refractivity contribution >= 4 is 15.9 Å². The summed E-state index contributed by atoms with van der Waals surface area (Å²) in [5.74, 6) is -0.308. The summed E-state index contributed by atoms with van der Waals surface area (Å²) in [6, 6.07) is 2.96. The molecule has 2 fully saturated rings. The molecule has 11 heteroatoms. The number of carbonyl (C=O) groups is 1. The Morgan fingerprint density at radius 3 is 2.27 bits per heavy atom. The number of halogens is 3. The molecule has 2 heterocycles. The van der Waals surface area contributed by atoms with Crippen molar-refractivity contribution in [3.05, 3.63) is 66.0 Å². The van der Waals surface area contributed by atoms with E-state index in [1.165, 1.54) is 10.5 Å². The summed E-state index contributed by atoms with van der Waals surface area (Å²) in [6.07, 6.45) is 1.28. The SMILES string of the molecule is C=C(/C=C(\C=C/N)N1CCC1)C(=O)N1CCN(S(=O)(=O)c2ccc(C(F)(F)F)cc2)C[C@@H]1C. The molecule has 1 aromatic rings. The second kappa shape index (κ2) is 9.60. The van der Waals surface area contributed by atoms with E-state index in [9.17, 15) is 26.4 Å². The van der Waals surface area contributed by atoms with Gasteiger partial charge in [-0.3, -0.25) is 4.79 Å². The molecule has 0 bridgehead atoms. The van der Waals surface area contributed by atoms with Crippen LogP contribution in [0.1, 0.15) is 18.9 Å². The third-order valence-corrected chi connectivity index (χ3v) is 7.63. The zero-order chi connectivity index (χ0) is 24.4. The Balaban J connectivity index is 1.69. The average Bonchev–Trinajstić information content (AvgIpc) is 2.71. The van der Waals surface area contributed by atoms with Crippen molar-refractivity contribution in [3.63, 3.8) is 0 Å². The molecule has 2 N–H and O–H groups in total. The molecule has 1 atom stereocenters. The van der Waals surface area contributed by atoms with E-state index < -0.39 is 27.8 Å². The lowest BCUT2D eigenvalue weighted by atomic mass is 10.1. The summed E-state index contributed by atoms with van der Waals surface area (Å²) < 4.78 is 65.4. The highest BCUT2D eigenvalue weighted by Crippen LogP contribution is 2.30. The molecule has 180 valence electrons. The largest absolute Gasteiger partial charge is 0.416 e. The van der Waals surface area contributed by atoms with E-state index in [1.807, 2.05) is 0 Å². The van der Waals surface area contributed by atoms with Crippen LogP contribution in [0.2, 0.25) is 0 Å². The summed E-state index contributed by atoms with van der Waals surface area (Å²) in [6.45, 7) is 7.52. The van der Waals surface area contributed by atoms with Crippen LogP contribution in [-0.4, -0.2) is 67.2 Å². The number of nitrogens with zero attached hydrogens (tertiary/aromatic N) is 3. The van der Waals surface area contributed by atoms with Crippen molar-refractivity contribution in [1.82, 2.24) is 14.1 Å². The van der Waals surface area contributed by atoms with Gasteiger partial charge in [-0.1, -0.05) is 6.58 Å². The first-order chi connectivity index (χ1) is 15.4. The van der Waals surface area contributed by atoms with Crippen molar-refractivity contribution in [3.8, 4) is 0 Å². The van der Waals surface area contributed by atoms with Gasteiger partial charge in [-0.25, -0.2) is 8.42 Å². The van der Waals surface area contributed by atoms with Gasteiger partial charge in [-0.05, 0) is 56.0 Å². The minimum atomic E-state index is -4.55. The van der Waals surface area contributed by atoms with Crippen molar-refractivity contribution in [2.45, 2.75) is 30.5 Å². The molecule has 0 saturated carbocycles. The number of hydrogen-bond acceptors (Lipinski definition) is 5. The normalized spacial score (nSPS) is 20.7. The molecule has 2 aliphatic heterocycles. The topological polar surface area (TPSA) is 86.9 Å². The number of alkyl halides is 3. The maximum Gasteiger partial charge on any atom is 0.416 e. The number of carbonyl (C=O) groups excluding carboxylic acids is 1. The molecule has 0 aliphatic carbocycles. The van der Waals surface area contributed by atoms with Crippen molar-refractivity contribution < 1.29 is 26.4 Å². The Labute approximate surface area is 191 Å². The zero-order valence-corrected chi connectivity index (χ0v) is 19.1. The number of piperazine rings is 1. The van der Waals surface area contributed by atoms with Gasteiger partial charge in [0.25, 0.3) is 5.91 Å². The lowest BCUT2D eigenvalue weighted by Crippen LogP contribution is -2.55. The summed E-state index contributed by atoms with van der Waals surface area (Å²) in [4.78, 5) is 16.4. The van der Waals surface area contributed by atoms with Gasteiger partial charge in [0.15, 0.2) is 0 Å². The molecular weight excluding hydrogens is 457 g/mol. The van der Waals surface area contributed by atoms with Gasteiger partial charge >= 0.3 is 6.18 Å². The van der Waals surface area contributed by atoms with Crippen molar-refractivity contribution in [1.29, 1.82) is 0 Å². The smallest absolute Gasteiger partial charge is 0.405 e. The fraction of sp³-hybridized carbons (Fsp3) is 0.409. The van der Waals surface area contributed by atoms with Gasteiger partial charge in [0.2, 0.25) is 10.0 Å². The second-order valence-corrected chi connectivity index (χ2v) is 9.96. The second-order valence-electron chi connectivity index (χ2n) is 8.03. The Morgan fingerprint density at radius 1 is 1.15 bits per heavy atom. The van der Waals surface area contributed by atoms with Gasteiger partial charge in [0.05, 0.1) is 10.5 Å². The van der Waals surface area contributed by atoms with Crippen LogP contribution in [0.15, 0.2) is 65.4 Å². The van der Waals surface area contributed by atoms with Crippen LogP contribution in [-0.2, 0) is 21.0 Å². The number of allylic oxidation sites excluding steroid dienone is 1. The van der Waals surface area contributed by atoms with Crippen LogP contribution >= 0.6 is 0 Å². The number of amides is 1. The van der Waals surface area contributed by atoms with E-state index in [0.29, 0.717) is 0 Å². The summed E-state index contributed by atoms with van der Waals surface area (Å²) in [5.41, 5.74) is 5.64. The molecule has 2 saturated heterocycles. The minimum absolute atomic E-state index is 0.0216. The van der Waals surface area contributed by atoms with Crippen molar-refractivity contribution in [2.24, 2.45) is 5.73 Å². The highest BCUT2D eigenvalue weighted by atomic mass is 32.2. The highest BCUT2D eigenvalue weighted by molar-refractivity contribution is 7.89. The number of sulfonamides is 1. The first-order valence-electron chi connectivity index (χ1n) is 10.5. The van der Waals surface area contributed by atoms with E-state index in [4.69, 9.17) is 5.73 Å². The highest BCUT2D eigenvalue weighted by Gasteiger charge is 2.36. The van der Waals surface area contributed by atoms with E-state index >= 15 is 0 Å². The zero-order valence-electron chi connectivity index (χ0n) is 18.3. The van der Waals surface area contributed by atoms with Crippen LogP contribution in [0.25, 0.3) is 0 Å². The van der Waals surface area contributed by atoms with Crippen LogP contribution < -0.4 is 5.73 Å². The average molecular weight is 485 g/mol. The minimum Gasteiger partial charge on any atom is -0.405 e. The van der Waals surface area contributed by atoms with Crippen LogP contribution in [0.4, 0.5) is 13.2 Å². The molecule has 0 spiro atoms. The number of hydrogen-bond donors (Lipinski definition) is 1. The van der Waals surface area contributed by atoms with Crippen molar-refractivity contribution in [2.75, 3.05) is 32.7 Å². The Bertz CT molecular complexity index is 1060. The summed E-state index contributed by atoms with van der Waals surface area (Å²) in [5, 5.41) is 0. The quantitative estimate of drug-likeness (QED) is 0.496. The summed E-state index contributed by atoms with van der Waals surface area (Å²) >= 11 is 0. The lowest BCUT2D eigenvalue weighted by molar-refractivity contribution is -0.137. The Hall–Kier alpha value is -2.79. The molecule has 3 rings (SSSR count). The van der Waals surface area contributed by atoms with Crippen LogP contribution in [0.3, 0.4) is 0 Å². The standard InChI is InChI=1S/C22H27F3N4O3S/c1-16(14-19(8-9-26)27-10-3-11-27)21(30)29-13-12-28(15-17(29)2)33(31,32)20-6-4-18(5-7-20)22(23,24)25/h4-9,14,17H,1,3,10-13,15,26H2,2H3/b9-8-,19-14+/t17-/m0/s1. The Morgan fingerprint density at radius 2 is 1.79 bits per heavy atom. The molecule has 0 aromatic heterocycles. The monoisotopic (exact) mass is 484 g/mol. The molecule has 7 nitrogen and oxygen atoms in total. The lowest BCUT2D eigenvalue weighted by Gasteiger charge is -2.39. The maximum atomic E-state index is 13.0. The molecule has 0 radical (unpaired) electrons. The molecule has 1 amide bonds. The molecule has 33 heavy (non-hydrogen) atoms. The molecule has 0 unspecified atom stereocenters. The van der Waals surface area contributed by atoms with E-state index in [-0.39, 0.29) is 36.0 Å². The van der Waals surface area contributed by atoms with Crippen LogP contribution in [0, 0.1) is 0 Å². The van der Waals surface area contributed by atoms with E-state index in [2.05, 4.69) is 11.5 Å². The first kappa shape index (κ1) is 24.8. The van der Waals surface area contributed by atoms with Gasteiger partial charge in [-0.2, -0.15) is 17.5 Å². The fourth-order valence-corrected chi connectivity index (χ4v) is 5.26. The van der Waals surface area contributed by atoms with Gasteiger partial charge in [0.1, 0.15) is 0 Å². The molecular formula is C22H27F3N4O3S. The number of likely N-dealkylation sites (tertiary alicyclic amines) is 1. The predicted octanol–water partition coefficient (Wildman–Crippen LogP) is 2.55. The van der Waals surface area contributed by atoms with Gasteiger partial charge in [0, 0.05) is 50.0 Å². The fourth-order valence-electron chi connectivity index (χ4n) is 3.75. The molecule has 1 aromatic carbocycles.